The van der Waals surface area contributed by atoms with Gasteiger partial charge in [-0.25, -0.2) is 12.8 Å². The fourth-order valence-corrected chi connectivity index (χ4v) is 5.14. The number of hydrogen-bond donors (Lipinski definition) is 1. The first kappa shape index (κ1) is 30.8. The van der Waals surface area contributed by atoms with Crippen LogP contribution < -0.4 is 9.62 Å². The Bertz CT molecular complexity index is 1360. The number of carbonyl (C=O) groups excluding carboxylic acids is 2. The van der Waals surface area contributed by atoms with Gasteiger partial charge < -0.3 is 10.2 Å². The lowest BCUT2D eigenvalue weighted by Gasteiger charge is -2.34. The van der Waals surface area contributed by atoms with Crippen LogP contribution in [0.4, 0.5) is 10.1 Å². The number of amides is 2. The van der Waals surface area contributed by atoms with E-state index in [1.807, 2.05) is 63.2 Å². The highest BCUT2D eigenvalue weighted by molar-refractivity contribution is 7.92. The molecule has 0 unspecified atom stereocenters. The van der Waals surface area contributed by atoms with Crippen LogP contribution in [0.25, 0.3) is 0 Å². The second-order valence-corrected chi connectivity index (χ2v) is 11.9. The van der Waals surface area contributed by atoms with Crippen LogP contribution in [-0.4, -0.2) is 50.0 Å². The Morgan fingerprint density at radius 1 is 0.875 bits per heavy atom. The Morgan fingerprint density at radius 3 is 2.02 bits per heavy atom. The van der Waals surface area contributed by atoms with Gasteiger partial charge in [0.25, 0.3) is 0 Å². The first-order valence-electron chi connectivity index (χ1n) is 13.5. The predicted molar refractivity (Wildman–Crippen MR) is 157 cm³/mol. The van der Waals surface area contributed by atoms with Gasteiger partial charge in [-0.15, -0.1) is 0 Å². The van der Waals surface area contributed by atoms with Gasteiger partial charge in [0.05, 0.1) is 11.9 Å². The van der Waals surface area contributed by atoms with Crippen LogP contribution in [0.3, 0.4) is 0 Å². The highest BCUT2D eigenvalue weighted by atomic mass is 32.2. The highest BCUT2D eigenvalue weighted by Crippen LogP contribution is 2.21. The first-order valence-corrected chi connectivity index (χ1v) is 15.3. The smallest absolute Gasteiger partial charge is 0.244 e. The lowest BCUT2D eigenvalue weighted by molar-refractivity contribution is -0.140. The molecule has 3 aromatic rings. The van der Waals surface area contributed by atoms with Crippen molar-refractivity contribution in [3.05, 3.63) is 101 Å². The van der Waals surface area contributed by atoms with E-state index in [1.165, 1.54) is 17.0 Å². The fraction of sp³-hybridized carbons (Fsp3) is 0.355. The van der Waals surface area contributed by atoms with E-state index in [0.29, 0.717) is 17.7 Å². The fourth-order valence-electron chi connectivity index (χ4n) is 4.29. The van der Waals surface area contributed by atoms with Crippen molar-refractivity contribution in [3.63, 3.8) is 0 Å². The molecule has 7 nitrogen and oxygen atoms in total. The van der Waals surface area contributed by atoms with E-state index in [2.05, 4.69) is 5.32 Å². The molecule has 0 heterocycles. The van der Waals surface area contributed by atoms with E-state index in [1.54, 1.807) is 24.3 Å². The summed E-state index contributed by atoms with van der Waals surface area (Å²) >= 11 is 0. The van der Waals surface area contributed by atoms with Crippen LogP contribution in [0.5, 0.6) is 0 Å². The summed E-state index contributed by atoms with van der Waals surface area (Å²) in [7, 11) is -3.84. The minimum absolute atomic E-state index is 0.00306. The lowest BCUT2D eigenvalue weighted by Crippen LogP contribution is -2.54. The van der Waals surface area contributed by atoms with E-state index in [-0.39, 0.29) is 24.9 Å². The van der Waals surface area contributed by atoms with Crippen LogP contribution >= 0.6 is 0 Å². The summed E-state index contributed by atoms with van der Waals surface area (Å²) in [5.74, 6) is -1.31. The van der Waals surface area contributed by atoms with E-state index < -0.39 is 34.3 Å². The largest absolute Gasteiger partial charge is 0.352 e. The number of rotatable bonds is 13. The molecule has 0 aliphatic rings. The Hall–Kier alpha value is -3.72. The quantitative estimate of drug-likeness (QED) is 0.324. The Balaban J connectivity index is 2.04. The zero-order valence-electron chi connectivity index (χ0n) is 23.5. The molecule has 0 spiro atoms. The molecule has 0 aromatic heterocycles. The van der Waals surface area contributed by atoms with Crippen molar-refractivity contribution in [1.82, 2.24) is 10.2 Å². The number of nitrogens with zero attached hydrogens (tertiary/aromatic N) is 2. The van der Waals surface area contributed by atoms with E-state index in [0.717, 1.165) is 28.1 Å². The summed E-state index contributed by atoms with van der Waals surface area (Å²) in [4.78, 5) is 29.1. The normalized spacial score (nSPS) is 12.8. The Morgan fingerprint density at radius 2 is 1.48 bits per heavy atom. The Labute approximate surface area is 237 Å². The predicted octanol–water partition coefficient (Wildman–Crippen LogP) is 4.71. The number of sulfonamides is 1. The number of benzene rings is 3. The zero-order chi connectivity index (χ0) is 29.3. The van der Waals surface area contributed by atoms with Gasteiger partial charge in [0.15, 0.2) is 0 Å². The molecule has 214 valence electrons. The van der Waals surface area contributed by atoms with Crippen molar-refractivity contribution in [2.45, 2.75) is 58.7 Å². The van der Waals surface area contributed by atoms with Crippen LogP contribution in [-0.2, 0) is 39.0 Å². The number of nitrogens with one attached hydrogen (secondary N) is 1. The van der Waals surface area contributed by atoms with Crippen LogP contribution in [0.1, 0.15) is 43.9 Å². The lowest BCUT2D eigenvalue weighted by atomic mass is 10.0. The number of halogens is 1. The molecule has 3 aromatic carbocycles. The highest BCUT2D eigenvalue weighted by Gasteiger charge is 2.33. The van der Waals surface area contributed by atoms with Crippen molar-refractivity contribution in [2.24, 2.45) is 0 Å². The molecule has 9 heteroatoms. The van der Waals surface area contributed by atoms with Gasteiger partial charge in [-0.2, -0.15) is 0 Å². The molecule has 1 N–H and O–H groups in total. The maximum absolute atomic E-state index is 14.0. The zero-order valence-corrected chi connectivity index (χ0v) is 24.3. The minimum Gasteiger partial charge on any atom is -0.352 e. The van der Waals surface area contributed by atoms with Crippen LogP contribution in [0, 0.1) is 5.82 Å². The van der Waals surface area contributed by atoms with Gasteiger partial charge in [-0.1, -0.05) is 68.4 Å². The monoisotopic (exact) mass is 567 g/mol. The second-order valence-electron chi connectivity index (χ2n) is 9.96. The third-order valence-corrected chi connectivity index (χ3v) is 7.99. The van der Waals surface area contributed by atoms with Gasteiger partial charge in [0, 0.05) is 19.0 Å². The summed E-state index contributed by atoms with van der Waals surface area (Å²) in [6.07, 6.45) is 2.76. The molecule has 2 amide bonds. The molecule has 0 saturated heterocycles. The van der Waals surface area contributed by atoms with Gasteiger partial charge in [-0.3, -0.25) is 13.9 Å². The van der Waals surface area contributed by atoms with Crippen molar-refractivity contribution in [3.8, 4) is 0 Å². The summed E-state index contributed by atoms with van der Waals surface area (Å²) in [6, 6.07) is 21.0. The molecule has 0 aliphatic carbocycles. The van der Waals surface area contributed by atoms with Crippen molar-refractivity contribution in [2.75, 3.05) is 17.1 Å². The van der Waals surface area contributed by atoms with Crippen LogP contribution in [0.15, 0.2) is 78.9 Å². The summed E-state index contributed by atoms with van der Waals surface area (Å²) in [6.45, 7) is 5.34. The minimum atomic E-state index is -3.84. The second kappa shape index (κ2) is 14.1. The molecule has 2 atom stereocenters. The molecule has 0 fully saturated rings. The molecule has 0 radical (unpaired) electrons. The Kier molecular flexibility index (Phi) is 10.8. The molecule has 40 heavy (non-hydrogen) atoms. The van der Waals surface area contributed by atoms with Gasteiger partial charge in [0.1, 0.15) is 18.4 Å². The average Bonchev–Trinajstić information content (AvgIpc) is 2.94. The molecule has 0 aliphatic heterocycles. The van der Waals surface area contributed by atoms with E-state index >= 15 is 0 Å². The number of hydrogen-bond acceptors (Lipinski definition) is 4. The summed E-state index contributed by atoms with van der Waals surface area (Å²) in [5.41, 5.74) is 2.85. The average molecular weight is 568 g/mol. The molecular formula is C31H38FN3O4S. The topological polar surface area (TPSA) is 86.8 Å². The summed E-state index contributed by atoms with van der Waals surface area (Å²) < 4.78 is 40.4. The molecular weight excluding hydrogens is 529 g/mol. The first-order chi connectivity index (χ1) is 19.0. The molecule has 3 rings (SSSR count). The van der Waals surface area contributed by atoms with Gasteiger partial charge >= 0.3 is 0 Å². The maximum Gasteiger partial charge on any atom is 0.244 e. The standard InChI is InChI=1S/C31H38FN3O4S/c1-5-23(3)33-31(37)29(20-25-10-8-7-9-11-25)34(21-26-12-16-27(32)17-13-26)30(36)22-35(40(4,38)39)28-18-14-24(6-2)15-19-28/h7-19,23,29H,5-6,20-22H2,1-4H3,(H,33,37)/t23-,29+/m0/s1. The molecule has 0 bridgehead atoms. The van der Waals surface area contributed by atoms with Crippen molar-refractivity contribution < 1.29 is 22.4 Å². The van der Waals surface area contributed by atoms with Crippen molar-refractivity contribution in [1.29, 1.82) is 0 Å². The molecule has 0 saturated carbocycles. The summed E-state index contributed by atoms with van der Waals surface area (Å²) in [5, 5.41) is 2.98. The third-order valence-electron chi connectivity index (χ3n) is 6.85. The van der Waals surface area contributed by atoms with E-state index in [4.69, 9.17) is 0 Å². The van der Waals surface area contributed by atoms with E-state index in [9.17, 15) is 22.4 Å². The van der Waals surface area contributed by atoms with Gasteiger partial charge in [-0.05, 0) is 60.7 Å². The van der Waals surface area contributed by atoms with Crippen LogP contribution in [0.2, 0.25) is 0 Å². The number of anilines is 1. The third kappa shape index (κ3) is 8.64. The van der Waals surface area contributed by atoms with Gasteiger partial charge in [0.2, 0.25) is 21.8 Å². The number of aryl methyl sites for hydroxylation is 1. The van der Waals surface area contributed by atoms with Crippen molar-refractivity contribution >= 4 is 27.5 Å². The SMILES string of the molecule is CCc1ccc(N(CC(=O)N(Cc2ccc(F)cc2)[C@H](Cc2ccccc2)C(=O)N[C@@H](C)CC)S(C)(=O)=O)cc1. The number of carbonyl (C=O) groups is 2. The maximum atomic E-state index is 14.0.